The molecule has 0 aromatic heterocycles. The van der Waals surface area contributed by atoms with Crippen molar-refractivity contribution in [2.24, 2.45) is 5.73 Å². The molecule has 9 heteroatoms. The number of nitrogens with two attached hydrogens (primary N) is 1. The number of likely N-dealkylation sites (tertiary alicyclic amines) is 1. The van der Waals surface area contributed by atoms with Crippen LogP contribution in [0.1, 0.15) is 29.6 Å². The molecule has 2 heterocycles. The third kappa shape index (κ3) is 3.63. The first-order chi connectivity index (χ1) is 12.0. The second-order valence-electron chi connectivity index (χ2n) is 5.77. The average molecular weight is 369 g/mol. The molecule has 2 aliphatic heterocycles. The number of carbonyl (C=O) groups is 3. The summed E-state index contributed by atoms with van der Waals surface area (Å²) in [6.45, 7) is -0.0377. The van der Waals surface area contributed by atoms with Gasteiger partial charge >= 0.3 is 5.97 Å². The van der Waals surface area contributed by atoms with Gasteiger partial charge in [0.2, 0.25) is 12.7 Å². The van der Waals surface area contributed by atoms with E-state index < -0.39 is 30.4 Å². The van der Waals surface area contributed by atoms with Gasteiger partial charge in [-0.25, -0.2) is 4.79 Å². The summed E-state index contributed by atoms with van der Waals surface area (Å²) in [6, 6.07) is 2.17. The first-order valence-electron chi connectivity index (χ1n) is 7.82. The molecule has 1 saturated heterocycles. The summed E-state index contributed by atoms with van der Waals surface area (Å²) in [5.41, 5.74) is 5.48. The van der Waals surface area contributed by atoms with Gasteiger partial charge in [0.25, 0.3) is 5.91 Å². The van der Waals surface area contributed by atoms with Crippen LogP contribution in [0.5, 0.6) is 11.5 Å². The van der Waals surface area contributed by atoms with Crippen LogP contribution in [0.4, 0.5) is 0 Å². The van der Waals surface area contributed by atoms with Crippen molar-refractivity contribution in [1.82, 2.24) is 4.90 Å². The van der Waals surface area contributed by atoms with Crippen molar-refractivity contribution in [3.05, 3.63) is 22.7 Å². The molecule has 0 bridgehead atoms. The highest BCUT2D eigenvalue weighted by Gasteiger charge is 2.31. The van der Waals surface area contributed by atoms with Crippen molar-refractivity contribution in [2.45, 2.75) is 25.3 Å². The van der Waals surface area contributed by atoms with E-state index in [0.717, 1.165) is 12.8 Å². The lowest BCUT2D eigenvalue weighted by Crippen LogP contribution is -2.51. The molecule has 1 atom stereocenters. The number of ether oxygens (including phenoxy) is 3. The topological polar surface area (TPSA) is 108 Å². The largest absolute Gasteiger partial charge is 0.454 e. The third-order valence-corrected chi connectivity index (χ3v) is 4.42. The molecule has 134 valence electrons. The molecule has 1 fully saturated rings. The maximum Gasteiger partial charge on any atom is 0.338 e. The lowest BCUT2D eigenvalue weighted by molar-refractivity contribution is -0.143. The fraction of sp³-hybridized carbons (Fsp3) is 0.438. The predicted molar refractivity (Wildman–Crippen MR) is 86.4 cm³/mol. The highest BCUT2D eigenvalue weighted by molar-refractivity contribution is 6.32. The Bertz CT molecular complexity index is 723. The Morgan fingerprint density at radius 1 is 1.28 bits per heavy atom. The van der Waals surface area contributed by atoms with Gasteiger partial charge in [-0.2, -0.15) is 0 Å². The van der Waals surface area contributed by atoms with Crippen molar-refractivity contribution < 1.29 is 28.6 Å². The monoisotopic (exact) mass is 368 g/mol. The van der Waals surface area contributed by atoms with Crippen LogP contribution in [0.15, 0.2) is 12.1 Å². The van der Waals surface area contributed by atoms with E-state index in [1.54, 1.807) is 0 Å². The van der Waals surface area contributed by atoms with Gasteiger partial charge in [-0.1, -0.05) is 11.6 Å². The number of rotatable bonds is 4. The van der Waals surface area contributed by atoms with Crippen molar-refractivity contribution in [2.75, 3.05) is 19.9 Å². The van der Waals surface area contributed by atoms with E-state index in [-0.39, 0.29) is 17.4 Å². The van der Waals surface area contributed by atoms with Crippen molar-refractivity contribution in [1.29, 1.82) is 0 Å². The molecule has 1 aromatic rings. The fourth-order valence-corrected chi connectivity index (χ4v) is 3.17. The van der Waals surface area contributed by atoms with Crippen LogP contribution >= 0.6 is 11.6 Å². The molecule has 2 amide bonds. The number of nitrogens with zero attached hydrogens (tertiary/aromatic N) is 1. The maximum atomic E-state index is 12.3. The SMILES string of the molecule is NC(=O)[C@H]1CCCCN1C(=O)COC(=O)c1cc(Cl)c2c(c1)OCO2. The van der Waals surface area contributed by atoms with E-state index in [0.29, 0.717) is 24.5 Å². The highest BCUT2D eigenvalue weighted by Crippen LogP contribution is 2.39. The van der Waals surface area contributed by atoms with Crippen LogP contribution in [0.3, 0.4) is 0 Å². The number of halogens is 1. The summed E-state index contributed by atoms with van der Waals surface area (Å²) in [6.07, 6.45) is 2.13. The van der Waals surface area contributed by atoms with Gasteiger partial charge in [-0.05, 0) is 31.4 Å². The van der Waals surface area contributed by atoms with Crippen LogP contribution in [0.25, 0.3) is 0 Å². The Balaban J connectivity index is 1.63. The van der Waals surface area contributed by atoms with Gasteiger partial charge in [-0.3, -0.25) is 9.59 Å². The number of esters is 1. The lowest BCUT2D eigenvalue weighted by Gasteiger charge is -2.33. The summed E-state index contributed by atoms with van der Waals surface area (Å²) in [4.78, 5) is 37.3. The number of primary amides is 1. The maximum absolute atomic E-state index is 12.3. The molecule has 0 aliphatic carbocycles. The Morgan fingerprint density at radius 3 is 2.84 bits per heavy atom. The Hall–Kier alpha value is -2.48. The Morgan fingerprint density at radius 2 is 2.08 bits per heavy atom. The molecule has 0 saturated carbocycles. The molecule has 0 unspecified atom stereocenters. The molecule has 2 N–H and O–H groups in total. The minimum atomic E-state index is -0.721. The van der Waals surface area contributed by atoms with Gasteiger partial charge in [0.05, 0.1) is 10.6 Å². The number of piperidine rings is 1. The van der Waals surface area contributed by atoms with E-state index in [4.69, 9.17) is 31.5 Å². The Labute approximate surface area is 148 Å². The molecule has 3 rings (SSSR count). The van der Waals surface area contributed by atoms with Crippen LogP contribution in [0, 0.1) is 0 Å². The quantitative estimate of drug-likeness (QED) is 0.797. The third-order valence-electron chi connectivity index (χ3n) is 4.14. The van der Waals surface area contributed by atoms with Crippen LogP contribution < -0.4 is 15.2 Å². The normalized spacial score (nSPS) is 18.8. The van der Waals surface area contributed by atoms with Crippen molar-refractivity contribution >= 4 is 29.4 Å². The number of amides is 2. The summed E-state index contributed by atoms with van der Waals surface area (Å²) in [5.74, 6) is -1.02. The molecule has 0 radical (unpaired) electrons. The Kier molecular flexibility index (Phi) is 4.98. The number of carbonyl (C=O) groups excluding carboxylic acids is 3. The zero-order valence-electron chi connectivity index (χ0n) is 13.3. The minimum Gasteiger partial charge on any atom is -0.454 e. The van der Waals surface area contributed by atoms with Crippen LogP contribution in [-0.4, -0.2) is 48.7 Å². The molecular formula is C16H17ClN2O6. The second kappa shape index (κ2) is 7.18. The first-order valence-corrected chi connectivity index (χ1v) is 8.20. The fourth-order valence-electron chi connectivity index (χ4n) is 2.90. The molecule has 2 aliphatic rings. The van der Waals surface area contributed by atoms with Gasteiger partial charge in [-0.15, -0.1) is 0 Å². The summed E-state index contributed by atoms with van der Waals surface area (Å²) >= 11 is 6.02. The lowest BCUT2D eigenvalue weighted by atomic mass is 10.0. The predicted octanol–water partition coefficient (Wildman–Crippen LogP) is 1.09. The number of benzene rings is 1. The standard InChI is InChI=1S/C16H17ClN2O6/c17-10-5-9(6-12-14(10)25-8-24-12)16(22)23-7-13(20)19-4-2-1-3-11(19)15(18)21/h5-6,11H,1-4,7-8H2,(H2,18,21)/t11-/m1/s1. The van der Waals surface area contributed by atoms with E-state index in [1.807, 2.05) is 0 Å². The molecule has 25 heavy (non-hydrogen) atoms. The second-order valence-corrected chi connectivity index (χ2v) is 6.18. The highest BCUT2D eigenvalue weighted by atomic mass is 35.5. The van der Waals surface area contributed by atoms with E-state index in [1.165, 1.54) is 17.0 Å². The van der Waals surface area contributed by atoms with Crippen molar-refractivity contribution in [3.63, 3.8) is 0 Å². The van der Waals surface area contributed by atoms with Gasteiger partial charge in [0.15, 0.2) is 18.1 Å². The average Bonchev–Trinajstić information content (AvgIpc) is 3.08. The number of hydrogen-bond donors (Lipinski definition) is 1. The molecule has 8 nitrogen and oxygen atoms in total. The summed E-state index contributed by atoms with van der Waals surface area (Å²) in [7, 11) is 0. The zero-order chi connectivity index (χ0) is 18.0. The van der Waals surface area contributed by atoms with E-state index in [9.17, 15) is 14.4 Å². The van der Waals surface area contributed by atoms with Gasteiger partial charge < -0.3 is 24.8 Å². The van der Waals surface area contributed by atoms with Crippen LogP contribution in [-0.2, 0) is 14.3 Å². The smallest absolute Gasteiger partial charge is 0.338 e. The van der Waals surface area contributed by atoms with E-state index >= 15 is 0 Å². The van der Waals surface area contributed by atoms with Gasteiger partial charge in [0.1, 0.15) is 6.04 Å². The van der Waals surface area contributed by atoms with E-state index in [2.05, 4.69) is 0 Å². The number of fused-ring (bicyclic) bond motifs is 1. The minimum absolute atomic E-state index is 0.0233. The van der Waals surface area contributed by atoms with Crippen molar-refractivity contribution in [3.8, 4) is 11.5 Å². The number of hydrogen-bond acceptors (Lipinski definition) is 6. The molecular weight excluding hydrogens is 352 g/mol. The van der Waals surface area contributed by atoms with Gasteiger partial charge in [0, 0.05) is 6.54 Å². The summed E-state index contributed by atoms with van der Waals surface area (Å²) in [5, 5.41) is 0.220. The summed E-state index contributed by atoms with van der Waals surface area (Å²) < 4.78 is 15.4. The van der Waals surface area contributed by atoms with Crippen LogP contribution in [0.2, 0.25) is 5.02 Å². The zero-order valence-corrected chi connectivity index (χ0v) is 14.1. The molecule has 1 aromatic carbocycles. The molecule has 0 spiro atoms. The first kappa shape index (κ1) is 17.3.